The molecular weight excluding hydrogens is 390 g/mol. The van der Waals surface area contributed by atoms with Crippen LogP contribution in [-0.2, 0) is 22.6 Å². The van der Waals surface area contributed by atoms with Gasteiger partial charge >= 0.3 is 5.97 Å². The molecule has 0 fully saturated rings. The molecule has 5 heteroatoms. The monoisotopic (exact) mass is 419 g/mol. The quantitative estimate of drug-likeness (QED) is 0.493. The average molecular weight is 420 g/mol. The minimum absolute atomic E-state index is 0.0467. The van der Waals surface area contributed by atoms with Crippen LogP contribution in [0, 0.1) is 0 Å². The molecule has 0 heterocycles. The Hall–Kier alpha value is -3.15. The summed E-state index contributed by atoms with van der Waals surface area (Å²) in [7, 11) is 1.69. The van der Waals surface area contributed by atoms with Crippen molar-refractivity contribution in [1.82, 2.24) is 0 Å². The van der Waals surface area contributed by atoms with E-state index in [-0.39, 0.29) is 18.6 Å². The first kappa shape index (κ1) is 22.5. The molecule has 3 N–H and O–H groups in total. The number of methoxy groups -OCH3 is 1. The summed E-state index contributed by atoms with van der Waals surface area (Å²) >= 11 is 0. The smallest absolute Gasteiger partial charge is 0.307 e. The molecule has 2 unspecified atom stereocenters. The van der Waals surface area contributed by atoms with E-state index in [2.05, 4.69) is 30.3 Å². The van der Waals surface area contributed by atoms with Gasteiger partial charge in [0.2, 0.25) is 0 Å². The third kappa shape index (κ3) is 5.94. The summed E-state index contributed by atoms with van der Waals surface area (Å²) in [6.07, 6.45) is -0.152. The fourth-order valence-electron chi connectivity index (χ4n) is 3.46. The van der Waals surface area contributed by atoms with Gasteiger partial charge in [-0.1, -0.05) is 36.4 Å². The summed E-state index contributed by atoms with van der Waals surface area (Å²) in [5.74, 6) is -0.307. The Balaban J connectivity index is 1.93. The summed E-state index contributed by atoms with van der Waals surface area (Å²) in [5, 5.41) is 9.15. The van der Waals surface area contributed by atoms with Gasteiger partial charge in [0, 0.05) is 18.7 Å². The summed E-state index contributed by atoms with van der Waals surface area (Å²) in [5.41, 5.74) is 12.0. The van der Waals surface area contributed by atoms with Crippen LogP contribution in [0.2, 0.25) is 0 Å². The fraction of sp³-hybridized carbons (Fsp3) is 0.269. The van der Waals surface area contributed by atoms with Crippen LogP contribution < -0.4 is 10.5 Å². The largest absolute Gasteiger partial charge is 0.489 e. The molecule has 3 rings (SSSR count). The van der Waals surface area contributed by atoms with Gasteiger partial charge in [-0.3, -0.25) is 4.79 Å². The molecule has 0 radical (unpaired) electrons. The molecule has 0 aliphatic heterocycles. The second-order valence-electron chi connectivity index (χ2n) is 7.72. The van der Waals surface area contributed by atoms with E-state index in [9.17, 15) is 4.79 Å². The van der Waals surface area contributed by atoms with Crippen molar-refractivity contribution in [3.05, 3.63) is 89.0 Å². The maximum absolute atomic E-state index is 11.1. The molecule has 0 saturated heterocycles. The molecule has 0 amide bonds. The predicted octanol–water partition coefficient (Wildman–Crippen LogP) is 5.29. The Morgan fingerprint density at radius 2 is 1.71 bits per heavy atom. The Morgan fingerprint density at radius 1 is 0.968 bits per heavy atom. The van der Waals surface area contributed by atoms with Crippen molar-refractivity contribution in [1.29, 1.82) is 0 Å². The lowest BCUT2D eigenvalue weighted by molar-refractivity contribution is -0.136. The lowest BCUT2D eigenvalue weighted by Gasteiger charge is -2.16. The van der Waals surface area contributed by atoms with Crippen LogP contribution >= 0.6 is 0 Å². The van der Waals surface area contributed by atoms with E-state index < -0.39 is 5.97 Å². The van der Waals surface area contributed by atoms with Gasteiger partial charge in [0.1, 0.15) is 12.4 Å². The number of rotatable bonds is 9. The number of carbonyl (C=O) groups is 1. The molecule has 0 aromatic heterocycles. The van der Waals surface area contributed by atoms with Crippen molar-refractivity contribution in [2.24, 2.45) is 5.73 Å². The van der Waals surface area contributed by atoms with Crippen LogP contribution in [0.1, 0.15) is 48.2 Å². The second-order valence-corrected chi connectivity index (χ2v) is 7.72. The van der Waals surface area contributed by atoms with Crippen LogP contribution in [-0.4, -0.2) is 18.2 Å². The van der Waals surface area contributed by atoms with E-state index in [0.717, 1.165) is 27.8 Å². The number of carboxylic acids is 1. The maximum atomic E-state index is 11.1. The maximum Gasteiger partial charge on any atom is 0.307 e. The van der Waals surface area contributed by atoms with Gasteiger partial charge in [-0.05, 0) is 72.0 Å². The predicted molar refractivity (Wildman–Crippen MR) is 122 cm³/mol. The summed E-state index contributed by atoms with van der Waals surface area (Å²) < 4.78 is 11.6. The summed E-state index contributed by atoms with van der Waals surface area (Å²) in [4.78, 5) is 11.1. The van der Waals surface area contributed by atoms with Crippen LogP contribution in [0.5, 0.6) is 5.75 Å². The summed E-state index contributed by atoms with van der Waals surface area (Å²) in [6.45, 7) is 4.29. The standard InChI is InChI=1S/C26H29NO4/c1-17(27)20-8-6-9-21(13-20)24-12-19(11-23(14-24)18(2)30-3)16-31-25-10-5-4-7-22(25)15-26(28)29/h4-14,17-18H,15-16,27H2,1-3H3,(H,28,29). The Labute approximate surface area is 183 Å². The van der Waals surface area contributed by atoms with Crippen molar-refractivity contribution >= 4 is 5.97 Å². The zero-order valence-corrected chi connectivity index (χ0v) is 18.2. The Bertz CT molecular complexity index is 1050. The lowest BCUT2D eigenvalue weighted by atomic mass is 9.95. The highest BCUT2D eigenvalue weighted by Crippen LogP contribution is 2.29. The molecule has 0 aliphatic rings. The number of benzene rings is 3. The van der Waals surface area contributed by atoms with Crippen molar-refractivity contribution in [3.63, 3.8) is 0 Å². The van der Waals surface area contributed by atoms with Crippen molar-refractivity contribution in [3.8, 4) is 16.9 Å². The molecule has 0 bridgehead atoms. The normalized spacial score (nSPS) is 12.9. The number of ether oxygens (including phenoxy) is 2. The molecule has 31 heavy (non-hydrogen) atoms. The third-order valence-corrected chi connectivity index (χ3v) is 5.29. The van der Waals surface area contributed by atoms with Gasteiger partial charge in [0.25, 0.3) is 0 Å². The molecule has 5 nitrogen and oxygen atoms in total. The number of nitrogens with two attached hydrogens (primary N) is 1. The molecule has 0 saturated carbocycles. The molecule has 3 aromatic carbocycles. The molecule has 3 aromatic rings. The second kappa shape index (κ2) is 10.2. The molecule has 0 aliphatic carbocycles. The highest BCUT2D eigenvalue weighted by molar-refractivity contribution is 5.71. The summed E-state index contributed by atoms with van der Waals surface area (Å²) in [6, 6.07) is 21.7. The van der Waals surface area contributed by atoms with Gasteiger partial charge < -0.3 is 20.3 Å². The first-order valence-corrected chi connectivity index (χ1v) is 10.3. The van der Waals surface area contributed by atoms with E-state index in [4.69, 9.17) is 20.3 Å². The van der Waals surface area contributed by atoms with Crippen molar-refractivity contribution in [2.45, 2.75) is 39.0 Å². The zero-order valence-electron chi connectivity index (χ0n) is 18.2. The van der Waals surface area contributed by atoms with E-state index in [0.29, 0.717) is 17.9 Å². The number of para-hydroxylation sites is 1. The van der Waals surface area contributed by atoms with Crippen LogP contribution in [0.25, 0.3) is 11.1 Å². The van der Waals surface area contributed by atoms with Crippen LogP contribution in [0.15, 0.2) is 66.7 Å². The number of hydrogen-bond donors (Lipinski definition) is 2. The van der Waals surface area contributed by atoms with Crippen LogP contribution in [0.4, 0.5) is 0 Å². The minimum Gasteiger partial charge on any atom is -0.489 e. The van der Waals surface area contributed by atoms with E-state index in [1.54, 1.807) is 19.2 Å². The van der Waals surface area contributed by atoms with E-state index in [1.165, 1.54) is 0 Å². The highest BCUT2D eigenvalue weighted by Gasteiger charge is 2.12. The molecular formula is C26H29NO4. The van der Waals surface area contributed by atoms with Crippen molar-refractivity contribution in [2.75, 3.05) is 7.11 Å². The lowest BCUT2D eigenvalue weighted by Crippen LogP contribution is -2.06. The van der Waals surface area contributed by atoms with Gasteiger partial charge in [-0.2, -0.15) is 0 Å². The van der Waals surface area contributed by atoms with Gasteiger partial charge in [0.05, 0.1) is 12.5 Å². The van der Waals surface area contributed by atoms with Gasteiger partial charge in [-0.25, -0.2) is 0 Å². The SMILES string of the molecule is COC(C)c1cc(COc2ccccc2CC(=O)O)cc(-c2cccc(C(C)N)c2)c1. The zero-order chi connectivity index (χ0) is 22.4. The fourth-order valence-corrected chi connectivity index (χ4v) is 3.46. The number of aliphatic carboxylic acids is 1. The molecule has 0 spiro atoms. The molecule has 162 valence electrons. The molecule has 2 atom stereocenters. The van der Waals surface area contributed by atoms with Crippen molar-refractivity contribution < 1.29 is 19.4 Å². The first-order chi connectivity index (χ1) is 14.9. The van der Waals surface area contributed by atoms with Crippen LogP contribution in [0.3, 0.4) is 0 Å². The van der Waals surface area contributed by atoms with E-state index >= 15 is 0 Å². The van der Waals surface area contributed by atoms with Gasteiger partial charge in [-0.15, -0.1) is 0 Å². The Morgan fingerprint density at radius 3 is 2.42 bits per heavy atom. The first-order valence-electron chi connectivity index (χ1n) is 10.3. The topological polar surface area (TPSA) is 81.8 Å². The number of hydrogen-bond acceptors (Lipinski definition) is 4. The minimum atomic E-state index is -0.886. The Kier molecular flexibility index (Phi) is 7.45. The third-order valence-electron chi connectivity index (χ3n) is 5.29. The van der Waals surface area contributed by atoms with E-state index in [1.807, 2.05) is 38.1 Å². The number of carboxylic acid groups (broad SMARTS) is 1. The highest BCUT2D eigenvalue weighted by atomic mass is 16.5. The average Bonchev–Trinajstić information content (AvgIpc) is 2.77. The van der Waals surface area contributed by atoms with Gasteiger partial charge in [0.15, 0.2) is 0 Å².